The van der Waals surface area contributed by atoms with Gasteiger partial charge in [-0.1, -0.05) is 67.6 Å². The quantitative estimate of drug-likeness (QED) is 0.638. The van der Waals surface area contributed by atoms with Crippen LogP contribution >= 0.6 is 0 Å². The fourth-order valence-electron chi connectivity index (χ4n) is 2.78. The molecule has 2 N–H and O–H groups in total. The average Bonchev–Trinajstić information content (AvgIpc) is 2.73. The number of nitrogens with one attached hydrogen (secondary N) is 2. The molecule has 0 aliphatic heterocycles. The highest BCUT2D eigenvalue weighted by Crippen LogP contribution is 2.20. The highest BCUT2D eigenvalue weighted by molar-refractivity contribution is 7.89. The van der Waals surface area contributed by atoms with Gasteiger partial charge in [0.1, 0.15) is 6.04 Å². The molecule has 0 heterocycles. The Labute approximate surface area is 165 Å². The molecule has 28 heavy (non-hydrogen) atoms. The maximum Gasteiger partial charge on any atom is 0.247 e. The maximum atomic E-state index is 12.9. The standard InChI is InChI=1S/C22H22N2O3S/c1-2-17-13-15-20(16-14-17)28(26,27)24-21(18-9-5-3-6-10-18)22(25)23-19-11-7-4-8-12-19/h3-16,21,24H,2H2,1H3,(H,23,25). The van der Waals surface area contributed by atoms with Crippen molar-refractivity contribution in [1.29, 1.82) is 0 Å². The van der Waals surface area contributed by atoms with E-state index in [1.165, 1.54) is 0 Å². The van der Waals surface area contributed by atoms with Crippen LogP contribution in [0.3, 0.4) is 0 Å². The topological polar surface area (TPSA) is 75.3 Å². The Morgan fingerprint density at radius 1 is 0.857 bits per heavy atom. The summed E-state index contributed by atoms with van der Waals surface area (Å²) < 4.78 is 28.3. The van der Waals surface area contributed by atoms with Crippen LogP contribution in [-0.2, 0) is 21.2 Å². The largest absolute Gasteiger partial charge is 0.324 e. The molecular weight excluding hydrogens is 372 g/mol. The lowest BCUT2D eigenvalue weighted by Crippen LogP contribution is -2.37. The van der Waals surface area contributed by atoms with Gasteiger partial charge in [0.2, 0.25) is 15.9 Å². The lowest BCUT2D eigenvalue weighted by Gasteiger charge is -2.19. The number of amides is 1. The Morgan fingerprint density at radius 2 is 1.43 bits per heavy atom. The highest BCUT2D eigenvalue weighted by atomic mass is 32.2. The van der Waals surface area contributed by atoms with Crippen molar-refractivity contribution in [2.45, 2.75) is 24.3 Å². The van der Waals surface area contributed by atoms with Gasteiger partial charge >= 0.3 is 0 Å². The molecule has 1 unspecified atom stereocenters. The number of carbonyl (C=O) groups excluding carboxylic acids is 1. The maximum absolute atomic E-state index is 12.9. The summed E-state index contributed by atoms with van der Waals surface area (Å²) in [6.07, 6.45) is 0.819. The van der Waals surface area contributed by atoms with Gasteiger partial charge in [0.15, 0.2) is 0 Å². The van der Waals surface area contributed by atoms with Gasteiger partial charge in [-0.15, -0.1) is 0 Å². The van der Waals surface area contributed by atoms with Crippen molar-refractivity contribution in [1.82, 2.24) is 4.72 Å². The molecule has 1 amide bonds. The Balaban J connectivity index is 1.89. The molecule has 0 aliphatic carbocycles. The Hall–Kier alpha value is -2.96. The molecule has 0 radical (unpaired) electrons. The third kappa shape index (κ3) is 4.85. The first-order chi connectivity index (χ1) is 13.5. The number of benzene rings is 3. The van der Waals surface area contributed by atoms with E-state index in [0.717, 1.165) is 12.0 Å². The second-order valence-electron chi connectivity index (χ2n) is 6.32. The van der Waals surface area contributed by atoms with Crippen LogP contribution in [0, 0.1) is 0 Å². The minimum Gasteiger partial charge on any atom is -0.324 e. The van der Waals surface area contributed by atoms with Crippen LogP contribution < -0.4 is 10.0 Å². The summed E-state index contributed by atoms with van der Waals surface area (Å²) in [4.78, 5) is 13.0. The predicted molar refractivity (Wildman–Crippen MR) is 110 cm³/mol. The average molecular weight is 394 g/mol. The number of para-hydroxylation sites is 1. The molecule has 5 nitrogen and oxygen atoms in total. The number of carbonyl (C=O) groups is 1. The summed E-state index contributed by atoms with van der Waals surface area (Å²) in [6, 6.07) is 23.3. The van der Waals surface area contributed by atoms with Crippen molar-refractivity contribution >= 4 is 21.6 Å². The summed E-state index contributed by atoms with van der Waals surface area (Å²) in [5, 5.41) is 2.77. The van der Waals surface area contributed by atoms with Crippen molar-refractivity contribution < 1.29 is 13.2 Å². The number of sulfonamides is 1. The van der Waals surface area contributed by atoms with Gasteiger partial charge in [-0.3, -0.25) is 4.79 Å². The summed E-state index contributed by atoms with van der Waals surface area (Å²) in [7, 11) is -3.88. The van der Waals surface area contributed by atoms with Crippen molar-refractivity contribution in [2.24, 2.45) is 0 Å². The zero-order valence-corrected chi connectivity index (χ0v) is 16.3. The molecule has 3 aromatic carbocycles. The minimum absolute atomic E-state index is 0.123. The van der Waals surface area contributed by atoms with Crippen molar-refractivity contribution in [3.8, 4) is 0 Å². The first-order valence-electron chi connectivity index (χ1n) is 9.02. The fraction of sp³-hybridized carbons (Fsp3) is 0.136. The SMILES string of the molecule is CCc1ccc(S(=O)(=O)NC(C(=O)Nc2ccccc2)c2ccccc2)cc1. The molecule has 0 saturated carbocycles. The third-order valence-corrected chi connectivity index (χ3v) is 5.79. The first kappa shape index (κ1) is 19.8. The second kappa shape index (κ2) is 8.82. The molecule has 6 heteroatoms. The highest BCUT2D eigenvalue weighted by Gasteiger charge is 2.27. The molecule has 3 rings (SSSR count). The zero-order chi connectivity index (χ0) is 20.0. The summed E-state index contributed by atoms with van der Waals surface area (Å²) in [5.74, 6) is -0.453. The van der Waals surface area contributed by atoms with E-state index in [1.807, 2.05) is 19.1 Å². The van der Waals surface area contributed by atoms with E-state index < -0.39 is 22.0 Å². The summed E-state index contributed by atoms with van der Waals surface area (Å²) in [6.45, 7) is 2.00. The van der Waals surface area contributed by atoms with Gasteiger partial charge in [0.25, 0.3) is 0 Å². The smallest absolute Gasteiger partial charge is 0.247 e. The molecule has 0 bridgehead atoms. The molecule has 0 spiro atoms. The molecule has 1 atom stereocenters. The van der Waals surface area contributed by atoms with Gasteiger partial charge in [0.05, 0.1) is 4.90 Å². The summed E-state index contributed by atoms with van der Waals surface area (Å²) >= 11 is 0. The van der Waals surface area contributed by atoms with Gasteiger partial charge in [-0.25, -0.2) is 8.42 Å². The van der Waals surface area contributed by atoms with Crippen LogP contribution in [0.15, 0.2) is 89.8 Å². The molecule has 0 aromatic heterocycles. The van der Waals surface area contributed by atoms with E-state index in [4.69, 9.17) is 0 Å². The minimum atomic E-state index is -3.88. The van der Waals surface area contributed by atoms with E-state index >= 15 is 0 Å². The lowest BCUT2D eigenvalue weighted by molar-refractivity contribution is -0.117. The van der Waals surface area contributed by atoms with Crippen molar-refractivity contribution in [3.63, 3.8) is 0 Å². The lowest BCUT2D eigenvalue weighted by atomic mass is 10.1. The van der Waals surface area contributed by atoms with Crippen LogP contribution in [-0.4, -0.2) is 14.3 Å². The van der Waals surface area contributed by atoms with Crippen LogP contribution in [0.5, 0.6) is 0 Å². The molecule has 0 fully saturated rings. The van der Waals surface area contributed by atoms with E-state index in [1.54, 1.807) is 72.8 Å². The summed E-state index contributed by atoms with van der Waals surface area (Å²) in [5.41, 5.74) is 2.20. The van der Waals surface area contributed by atoms with Crippen LogP contribution in [0.2, 0.25) is 0 Å². The van der Waals surface area contributed by atoms with Crippen molar-refractivity contribution in [3.05, 3.63) is 96.1 Å². The van der Waals surface area contributed by atoms with Gasteiger partial charge in [-0.05, 0) is 41.8 Å². The number of rotatable bonds is 7. The first-order valence-corrected chi connectivity index (χ1v) is 10.5. The van der Waals surface area contributed by atoms with Crippen molar-refractivity contribution in [2.75, 3.05) is 5.32 Å². The monoisotopic (exact) mass is 394 g/mol. The molecular formula is C22H22N2O3S. The zero-order valence-electron chi connectivity index (χ0n) is 15.5. The Kier molecular flexibility index (Phi) is 6.23. The van der Waals surface area contributed by atoms with Gasteiger partial charge in [-0.2, -0.15) is 4.72 Å². The predicted octanol–water partition coefficient (Wildman–Crippen LogP) is 3.91. The number of aryl methyl sites for hydroxylation is 1. The Morgan fingerprint density at radius 3 is 2.00 bits per heavy atom. The third-order valence-electron chi connectivity index (χ3n) is 4.35. The van der Waals surface area contributed by atoms with Gasteiger partial charge < -0.3 is 5.32 Å². The Bertz CT molecular complexity index is 1020. The van der Waals surface area contributed by atoms with Crippen LogP contribution in [0.4, 0.5) is 5.69 Å². The molecule has 3 aromatic rings. The van der Waals surface area contributed by atoms with E-state index in [-0.39, 0.29) is 4.90 Å². The fourth-order valence-corrected chi connectivity index (χ4v) is 3.97. The van der Waals surface area contributed by atoms with E-state index in [0.29, 0.717) is 11.3 Å². The van der Waals surface area contributed by atoms with Gasteiger partial charge in [0, 0.05) is 5.69 Å². The number of hydrogen-bond donors (Lipinski definition) is 2. The van der Waals surface area contributed by atoms with Crippen LogP contribution in [0.1, 0.15) is 24.1 Å². The van der Waals surface area contributed by atoms with E-state index in [9.17, 15) is 13.2 Å². The molecule has 0 saturated heterocycles. The van der Waals surface area contributed by atoms with Crippen LogP contribution in [0.25, 0.3) is 0 Å². The number of hydrogen-bond acceptors (Lipinski definition) is 3. The number of anilines is 1. The molecule has 0 aliphatic rings. The normalized spacial score (nSPS) is 12.3. The molecule has 144 valence electrons. The second-order valence-corrected chi connectivity index (χ2v) is 8.03. The van der Waals surface area contributed by atoms with E-state index in [2.05, 4.69) is 10.0 Å².